The van der Waals surface area contributed by atoms with E-state index in [4.69, 9.17) is 4.74 Å². The Labute approximate surface area is 130 Å². The van der Waals surface area contributed by atoms with Crippen LogP contribution in [0.1, 0.15) is 52.2 Å². The highest BCUT2D eigenvalue weighted by molar-refractivity contribution is 7.09. The molecule has 2 N–H and O–H groups in total. The van der Waals surface area contributed by atoms with Crippen molar-refractivity contribution >= 4 is 17.4 Å². The van der Waals surface area contributed by atoms with Crippen LogP contribution in [0.5, 0.6) is 0 Å². The Morgan fingerprint density at radius 1 is 1.48 bits per heavy atom. The lowest BCUT2D eigenvalue weighted by atomic mass is 9.99. The van der Waals surface area contributed by atoms with Gasteiger partial charge in [0.15, 0.2) is 12.3 Å². The number of hydrogen-bond acceptors (Lipinski definition) is 4. The molecule has 6 heteroatoms. The van der Waals surface area contributed by atoms with Crippen LogP contribution in [0.2, 0.25) is 0 Å². The summed E-state index contributed by atoms with van der Waals surface area (Å²) >= 11 is 1.47. The Balaban J connectivity index is 2.81. The molecule has 0 saturated carbocycles. The zero-order valence-corrected chi connectivity index (χ0v) is 14.5. The molecular formula is C15H27N2O3S+. The maximum absolute atomic E-state index is 12.0. The van der Waals surface area contributed by atoms with Crippen molar-refractivity contribution in [2.75, 3.05) is 0 Å². The van der Waals surface area contributed by atoms with Gasteiger partial charge in [0, 0.05) is 0 Å². The third-order valence-electron chi connectivity index (χ3n) is 2.88. The lowest BCUT2D eigenvalue weighted by Gasteiger charge is -2.26. The number of aliphatic hydroxyl groups is 1. The zero-order chi connectivity index (χ0) is 16.2. The highest BCUT2D eigenvalue weighted by Crippen LogP contribution is 2.22. The van der Waals surface area contributed by atoms with Gasteiger partial charge in [0.25, 0.3) is 5.01 Å². The van der Waals surface area contributed by atoms with E-state index in [1.54, 1.807) is 0 Å². The number of carbonyl (C=O) groups is 1. The standard InChI is InChI=1S/C15H26N2O3S/c1-10(2)9-11(16-14(19)20-15(3,4)5)12(18)13-17(6)7-8-21-13/h7-8,10-12,18H,9H2,1-6H3/p+1/t11-,12+/m0/s1. The van der Waals surface area contributed by atoms with Crippen LogP contribution in [0.4, 0.5) is 4.79 Å². The van der Waals surface area contributed by atoms with Gasteiger partial charge in [-0.2, -0.15) is 4.57 Å². The number of aliphatic hydroxyl groups excluding tert-OH is 1. The molecule has 0 aliphatic rings. The summed E-state index contributed by atoms with van der Waals surface area (Å²) in [6.45, 7) is 9.58. The number of aryl methyl sites for hydroxylation is 1. The molecule has 0 bridgehead atoms. The second kappa shape index (κ2) is 7.22. The first-order chi connectivity index (χ1) is 9.60. The molecule has 0 radical (unpaired) electrons. The fourth-order valence-corrected chi connectivity index (χ4v) is 2.95. The summed E-state index contributed by atoms with van der Waals surface area (Å²) < 4.78 is 7.16. The Morgan fingerprint density at radius 3 is 2.52 bits per heavy atom. The minimum absolute atomic E-state index is 0.352. The number of nitrogens with one attached hydrogen (secondary N) is 1. The summed E-state index contributed by atoms with van der Waals surface area (Å²) in [5.41, 5.74) is -0.551. The molecule has 0 fully saturated rings. The summed E-state index contributed by atoms with van der Waals surface area (Å²) in [6.07, 6.45) is 1.33. The molecular weight excluding hydrogens is 288 g/mol. The molecule has 1 heterocycles. The number of nitrogens with zero attached hydrogens (tertiary/aromatic N) is 1. The Morgan fingerprint density at radius 2 is 2.10 bits per heavy atom. The number of aromatic nitrogens is 1. The van der Waals surface area contributed by atoms with E-state index in [0.29, 0.717) is 12.3 Å². The molecule has 1 aromatic heterocycles. The first-order valence-corrected chi connectivity index (χ1v) is 8.08. The van der Waals surface area contributed by atoms with Gasteiger partial charge in [-0.15, -0.1) is 0 Å². The predicted molar refractivity (Wildman–Crippen MR) is 83.1 cm³/mol. The van der Waals surface area contributed by atoms with E-state index in [2.05, 4.69) is 19.2 Å². The zero-order valence-electron chi connectivity index (χ0n) is 13.7. The summed E-state index contributed by atoms with van der Waals surface area (Å²) in [6, 6.07) is -0.371. The molecule has 120 valence electrons. The molecule has 1 aromatic rings. The van der Waals surface area contributed by atoms with E-state index in [1.165, 1.54) is 11.3 Å². The van der Waals surface area contributed by atoms with Gasteiger partial charge in [-0.05, 0) is 33.1 Å². The molecule has 5 nitrogen and oxygen atoms in total. The van der Waals surface area contributed by atoms with Crippen molar-refractivity contribution < 1.29 is 19.2 Å². The first kappa shape index (κ1) is 17.9. The topological polar surface area (TPSA) is 62.4 Å². The lowest BCUT2D eigenvalue weighted by Crippen LogP contribution is -2.45. The largest absolute Gasteiger partial charge is 0.444 e. The van der Waals surface area contributed by atoms with Crippen LogP contribution in [0.25, 0.3) is 0 Å². The third-order valence-corrected chi connectivity index (χ3v) is 3.91. The number of hydrogen-bond donors (Lipinski definition) is 2. The second-order valence-corrected chi connectivity index (χ2v) is 7.61. The monoisotopic (exact) mass is 315 g/mol. The average Bonchev–Trinajstić information content (AvgIpc) is 2.70. The van der Waals surface area contributed by atoms with E-state index in [-0.39, 0.29) is 6.04 Å². The summed E-state index contributed by atoms with van der Waals surface area (Å²) in [7, 11) is 1.88. The second-order valence-electron chi connectivity index (χ2n) is 6.68. The van der Waals surface area contributed by atoms with Gasteiger partial charge in [0.05, 0.1) is 11.4 Å². The Hall–Kier alpha value is -1.14. The lowest BCUT2D eigenvalue weighted by molar-refractivity contribution is -0.677. The quantitative estimate of drug-likeness (QED) is 0.821. The minimum Gasteiger partial charge on any atom is -0.444 e. The highest BCUT2D eigenvalue weighted by Gasteiger charge is 2.31. The smallest absolute Gasteiger partial charge is 0.407 e. The average molecular weight is 315 g/mol. The van der Waals surface area contributed by atoms with Gasteiger partial charge in [0.2, 0.25) is 0 Å². The van der Waals surface area contributed by atoms with Gasteiger partial charge in [-0.25, -0.2) is 4.79 Å². The number of amides is 1. The molecule has 0 aliphatic heterocycles. The molecule has 0 aliphatic carbocycles. The summed E-state index contributed by atoms with van der Waals surface area (Å²) in [4.78, 5) is 12.0. The SMILES string of the molecule is CC(C)C[C@H](NC(=O)OC(C)(C)C)[C@@H](O)c1scc[n+]1C. The van der Waals surface area contributed by atoms with Crippen molar-refractivity contribution in [2.45, 2.75) is 58.8 Å². The van der Waals surface area contributed by atoms with Crippen molar-refractivity contribution in [1.29, 1.82) is 0 Å². The summed E-state index contributed by atoms with van der Waals surface area (Å²) in [5.74, 6) is 0.352. The van der Waals surface area contributed by atoms with Crippen molar-refractivity contribution in [3.05, 3.63) is 16.6 Å². The van der Waals surface area contributed by atoms with E-state index in [9.17, 15) is 9.90 Å². The summed E-state index contributed by atoms with van der Waals surface area (Å²) in [5, 5.41) is 16.1. The molecule has 0 saturated heterocycles. The van der Waals surface area contributed by atoms with Gasteiger partial charge in [0.1, 0.15) is 12.6 Å². The molecule has 2 atom stereocenters. The van der Waals surface area contributed by atoms with Gasteiger partial charge < -0.3 is 15.2 Å². The molecule has 0 spiro atoms. The molecule has 1 amide bonds. The fourth-order valence-electron chi connectivity index (χ4n) is 2.03. The molecule has 0 unspecified atom stereocenters. The number of rotatable bonds is 5. The van der Waals surface area contributed by atoms with Crippen molar-refractivity contribution in [1.82, 2.24) is 5.32 Å². The molecule has 0 aromatic carbocycles. The molecule has 1 rings (SSSR count). The highest BCUT2D eigenvalue weighted by atomic mass is 32.1. The number of alkyl carbamates (subject to hydrolysis) is 1. The van der Waals surface area contributed by atoms with Crippen LogP contribution >= 0.6 is 11.3 Å². The van der Waals surface area contributed by atoms with Crippen LogP contribution in [0.15, 0.2) is 11.6 Å². The van der Waals surface area contributed by atoms with E-state index < -0.39 is 17.8 Å². The Bertz CT molecular complexity index is 466. The van der Waals surface area contributed by atoms with E-state index in [0.717, 1.165) is 5.01 Å². The minimum atomic E-state index is -0.745. The van der Waals surface area contributed by atoms with Crippen molar-refractivity contribution in [2.24, 2.45) is 13.0 Å². The van der Waals surface area contributed by atoms with E-state index >= 15 is 0 Å². The number of thiazole rings is 1. The van der Waals surface area contributed by atoms with Gasteiger partial charge in [-0.1, -0.05) is 25.2 Å². The van der Waals surface area contributed by atoms with Gasteiger partial charge >= 0.3 is 6.09 Å². The van der Waals surface area contributed by atoms with Crippen LogP contribution in [-0.4, -0.2) is 22.8 Å². The van der Waals surface area contributed by atoms with Crippen LogP contribution in [0.3, 0.4) is 0 Å². The third kappa shape index (κ3) is 6.01. The fraction of sp³-hybridized carbons (Fsp3) is 0.733. The number of carbonyl (C=O) groups excluding carboxylic acids is 1. The van der Waals surface area contributed by atoms with E-state index in [1.807, 2.05) is 44.0 Å². The van der Waals surface area contributed by atoms with Crippen LogP contribution in [0, 0.1) is 5.92 Å². The van der Waals surface area contributed by atoms with Crippen molar-refractivity contribution in [3.63, 3.8) is 0 Å². The van der Waals surface area contributed by atoms with Gasteiger partial charge in [-0.3, -0.25) is 0 Å². The Kier molecular flexibility index (Phi) is 6.16. The maximum atomic E-state index is 12.0. The predicted octanol–water partition coefficient (Wildman–Crippen LogP) is 2.55. The normalized spacial score (nSPS) is 14.9. The molecule has 21 heavy (non-hydrogen) atoms. The van der Waals surface area contributed by atoms with Crippen molar-refractivity contribution in [3.8, 4) is 0 Å². The maximum Gasteiger partial charge on any atom is 0.407 e. The van der Waals surface area contributed by atoms with Crippen LogP contribution in [-0.2, 0) is 11.8 Å². The first-order valence-electron chi connectivity index (χ1n) is 7.20. The number of ether oxygens (including phenoxy) is 1. The van der Waals surface area contributed by atoms with Crippen LogP contribution < -0.4 is 9.88 Å².